The lowest BCUT2D eigenvalue weighted by Gasteiger charge is -2.16. The highest BCUT2D eigenvalue weighted by Gasteiger charge is 2.25. The van der Waals surface area contributed by atoms with E-state index in [0.29, 0.717) is 0 Å². The highest BCUT2D eigenvalue weighted by atomic mass is 16.5. The SMILES string of the molecule is COc1cccc(-c2nn(-c3ccccc3)cc2CN2CC[C@@H](NC(C)=O)C2)c1. The molecular formula is C23H26N4O2. The molecule has 1 fully saturated rings. The first-order valence-corrected chi connectivity index (χ1v) is 9.90. The van der Waals surface area contributed by atoms with Crippen molar-refractivity contribution in [1.29, 1.82) is 0 Å². The minimum atomic E-state index is 0.0332. The summed E-state index contributed by atoms with van der Waals surface area (Å²) in [6, 6.07) is 18.4. The van der Waals surface area contributed by atoms with Crippen molar-refractivity contribution in [3.63, 3.8) is 0 Å². The summed E-state index contributed by atoms with van der Waals surface area (Å²) in [4.78, 5) is 13.7. The number of nitrogens with one attached hydrogen (secondary N) is 1. The second-order valence-corrected chi connectivity index (χ2v) is 7.44. The summed E-state index contributed by atoms with van der Waals surface area (Å²) >= 11 is 0. The molecule has 0 bridgehead atoms. The highest BCUT2D eigenvalue weighted by Crippen LogP contribution is 2.28. The van der Waals surface area contributed by atoms with Crippen LogP contribution in [0.5, 0.6) is 5.75 Å². The van der Waals surface area contributed by atoms with Gasteiger partial charge in [-0.3, -0.25) is 9.69 Å². The van der Waals surface area contributed by atoms with Crippen LogP contribution in [0.1, 0.15) is 18.9 Å². The normalized spacial score (nSPS) is 16.7. The Hall–Kier alpha value is -3.12. The van der Waals surface area contributed by atoms with Crippen LogP contribution >= 0.6 is 0 Å². The van der Waals surface area contributed by atoms with Gasteiger partial charge in [-0.25, -0.2) is 4.68 Å². The fraction of sp³-hybridized carbons (Fsp3) is 0.304. The molecule has 29 heavy (non-hydrogen) atoms. The van der Waals surface area contributed by atoms with Crippen molar-refractivity contribution in [2.75, 3.05) is 20.2 Å². The maximum atomic E-state index is 11.4. The van der Waals surface area contributed by atoms with E-state index in [9.17, 15) is 4.79 Å². The Balaban J connectivity index is 1.64. The molecule has 0 radical (unpaired) electrons. The van der Waals surface area contributed by atoms with Crippen molar-refractivity contribution >= 4 is 5.91 Å². The van der Waals surface area contributed by atoms with Crippen LogP contribution in [0.25, 0.3) is 16.9 Å². The van der Waals surface area contributed by atoms with Gasteiger partial charge in [0.15, 0.2) is 0 Å². The van der Waals surface area contributed by atoms with Gasteiger partial charge in [0.1, 0.15) is 5.75 Å². The van der Waals surface area contributed by atoms with Gasteiger partial charge >= 0.3 is 0 Å². The quantitative estimate of drug-likeness (QED) is 0.702. The van der Waals surface area contributed by atoms with Crippen LogP contribution in [-0.4, -0.2) is 46.8 Å². The predicted octanol–water partition coefficient (Wildman–Crippen LogP) is 3.26. The number of hydrogen-bond acceptors (Lipinski definition) is 4. The summed E-state index contributed by atoms with van der Waals surface area (Å²) < 4.78 is 7.34. The van der Waals surface area contributed by atoms with E-state index < -0.39 is 0 Å². The third-order valence-corrected chi connectivity index (χ3v) is 5.23. The third-order valence-electron chi connectivity index (χ3n) is 5.23. The molecule has 1 saturated heterocycles. The lowest BCUT2D eigenvalue weighted by atomic mass is 10.1. The number of carbonyl (C=O) groups excluding carboxylic acids is 1. The van der Waals surface area contributed by atoms with Gasteiger partial charge in [0.25, 0.3) is 0 Å². The summed E-state index contributed by atoms with van der Waals surface area (Å²) in [6.45, 7) is 4.18. The Kier molecular flexibility index (Phi) is 5.62. The number of likely N-dealkylation sites (tertiary alicyclic amines) is 1. The maximum absolute atomic E-state index is 11.4. The predicted molar refractivity (Wildman–Crippen MR) is 113 cm³/mol. The number of benzene rings is 2. The second kappa shape index (κ2) is 8.49. The molecule has 6 nitrogen and oxygen atoms in total. The van der Waals surface area contributed by atoms with E-state index in [-0.39, 0.29) is 11.9 Å². The van der Waals surface area contributed by atoms with Gasteiger partial charge in [0.05, 0.1) is 18.5 Å². The van der Waals surface area contributed by atoms with Crippen molar-refractivity contribution in [3.8, 4) is 22.7 Å². The number of methoxy groups -OCH3 is 1. The van der Waals surface area contributed by atoms with Gasteiger partial charge in [0.2, 0.25) is 5.91 Å². The number of carbonyl (C=O) groups is 1. The summed E-state index contributed by atoms with van der Waals surface area (Å²) in [5.74, 6) is 0.848. The Bertz CT molecular complexity index is 984. The minimum absolute atomic E-state index is 0.0332. The first-order valence-electron chi connectivity index (χ1n) is 9.90. The Labute approximate surface area is 171 Å². The van der Waals surface area contributed by atoms with E-state index in [1.54, 1.807) is 14.0 Å². The minimum Gasteiger partial charge on any atom is -0.497 e. The summed E-state index contributed by atoms with van der Waals surface area (Å²) in [5, 5.41) is 7.93. The number of rotatable bonds is 6. The van der Waals surface area contributed by atoms with E-state index in [0.717, 1.165) is 54.3 Å². The zero-order valence-corrected chi connectivity index (χ0v) is 16.8. The van der Waals surface area contributed by atoms with Gasteiger partial charge in [0, 0.05) is 49.9 Å². The molecule has 1 atom stereocenters. The molecule has 6 heteroatoms. The number of aromatic nitrogens is 2. The van der Waals surface area contributed by atoms with Crippen LogP contribution < -0.4 is 10.1 Å². The molecule has 2 heterocycles. The first-order chi connectivity index (χ1) is 14.1. The average molecular weight is 390 g/mol. The smallest absolute Gasteiger partial charge is 0.217 e. The second-order valence-electron chi connectivity index (χ2n) is 7.44. The fourth-order valence-corrected chi connectivity index (χ4v) is 3.87. The summed E-state index contributed by atoms with van der Waals surface area (Å²) in [5.41, 5.74) is 4.17. The van der Waals surface area contributed by atoms with Crippen LogP contribution in [0.4, 0.5) is 0 Å². The molecule has 2 aromatic carbocycles. The highest BCUT2D eigenvalue weighted by molar-refractivity contribution is 5.73. The Morgan fingerprint density at radius 2 is 2.03 bits per heavy atom. The number of amides is 1. The molecule has 1 N–H and O–H groups in total. The molecule has 0 unspecified atom stereocenters. The van der Waals surface area contributed by atoms with Crippen LogP contribution in [0.15, 0.2) is 60.8 Å². The van der Waals surface area contributed by atoms with E-state index >= 15 is 0 Å². The van der Waals surface area contributed by atoms with Gasteiger partial charge in [-0.1, -0.05) is 30.3 Å². The number of hydrogen-bond donors (Lipinski definition) is 1. The van der Waals surface area contributed by atoms with Crippen molar-refractivity contribution in [2.45, 2.75) is 25.9 Å². The zero-order chi connectivity index (χ0) is 20.2. The fourth-order valence-electron chi connectivity index (χ4n) is 3.87. The summed E-state index contributed by atoms with van der Waals surface area (Å²) in [7, 11) is 1.68. The van der Waals surface area contributed by atoms with E-state index in [1.165, 1.54) is 0 Å². The molecule has 3 aromatic rings. The number of nitrogens with zero attached hydrogens (tertiary/aromatic N) is 3. The molecule has 0 saturated carbocycles. The molecule has 1 aromatic heterocycles. The molecule has 0 aliphatic carbocycles. The molecule has 150 valence electrons. The monoisotopic (exact) mass is 390 g/mol. The Morgan fingerprint density at radius 1 is 1.21 bits per heavy atom. The number of para-hydroxylation sites is 1. The molecule has 1 amide bonds. The van der Waals surface area contributed by atoms with E-state index in [2.05, 4.69) is 34.6 Å². The van der Waals surface area contributed by atoms with Gasteiger partial charge in [-0.2, -0.15) is 5.10 Å². The largest absolute Gasteiger partial charge is 0.497 e. The average Bonchev–Trinajstić information content (AvgIpc) is 3.35. The van der Waals surface area contributed by atoms with Crippen LogP contribution in [-0.2, 0) is 11.3 Å². The maximum Gasteiger partial charge on any atom is 0.217 e. The number of ether oxygens (including phenoxy) is 1. The zero-order valence-electron chi connectivity index (χ0n) is 16.8. The third kappa shape index (κ3) is 4.49. The summed E-state index contributed by atoms with van der Waals surface area (Å²) in [6.07, 6.45) is 3.08. The van der Waals surface area contributed by atoms with E-state index in [1.807, 2.05) is 41.1 Å². The molecular weight excluding hydrogens is 364 g/mol. The molecule has 1 aliphatic heterocycles. The van der Waals surface area contributed by atoms with Crippen LogP contribution in [0, 0.1) is 0 Å². The van der Waals surface area contributed by atoms with Crippen molar-refractivity contribution in [1.82, 2.24) is 20.0 Å². The van der Waals surface area contributed by atoms with Crippen LogP contribution in [0.3, 0.4) is 0 Å². The standard InChI is InChI=1S/C23H26N4O2/c1-17(28)24-20-11-12-26(16-20)14-19-15-27(21-8-4-3-5-9-21)25-23(19)18-7-6-10-22(13-18)29-2/h3-10,13,15,20H,11-12,14,16H2,1-2H3,(H,24,28)/t20-/m1/s1. The lowest BCUT2D eigenvalue weighted by molar-refractivity contribution is -0.119. The van der Waals surface area contributed by atoms with Crippen molar-refractivity contribution in [3.05, 3.63) is 66.4 Å². The molecule has 4 rings (SSSR count). The topological polar surface area (TPSA) is 59.4 Å². The van der Waals surface area contributed by atoms with Crippen LogP contribution in [0.2, 0.25) is 0 Å². The lowest BCUT2D eigenvalue weighted by Crippen LogP contribution is -2.35. The van der Waals surface area contributed by atoms with Gasteiger partial charge in [-0.05, 0) is 30.7 Å². The van der Waals surface area contributed by atoms with Crippen molar-refractivity contribution in [2.24, 2.45) is 0 Å². The Morgan fingerprint density at radius 3 is 2.79 bits per heavy atom. The van der Waals surface area contributed by atoms with Gasteiger partial charge < -0.3 is 10.1 Å². The van der Waals surface area contributed by atoms with Gasteiger partial charge in [-0.15, -0.1) is 0 Å². The molecule has 1 aliphatic rings. The van der Waals surface area contributed by atoms with E-state index in [4.69, 9.17) is 9.84 Å². The van der Waals surface area contributed by atoms with Crippen molar-refractivity contribution < 1.29 is 9.53 Å². The molecule has 0 spiro atoms. The first kappa shape index (κ1) is 19.2.